The first-order chi connectivity index (χ1) is 10.4. The maximum atomic E-state index is 9.32. The molecule has 0 bridgehead atoms. The number of nitriles is 1. The Balaban J connectivity index is 1.62. The standard InChI is InChI=1S/C16H22N4S/c17-12-14-11-13-3-1-2-4-15(13)19-16(14)18-5-6-20-7-9-21-10-8-20/h11H,1-10H2,(H,18,19). The quantitative estimate of drug-likeness (QED) is 0.925. The number of thioether (sulfide) groups is 1. The number of nitrogens with zero attached hydrogens (tertiary/aromatic N) is 3. The topological polar surface area (TPSA) is 52.0 Å². The minimum atomic E-state index is 0.699. The molecule has 1 fully saturated rings. The van der Waals surface area contributed by atoms with E-state index in [4.69, 9.17) is 4.98 Å². The highest BCUT2D eigenvalue weighted by molar-refractivity contribution is 7.99. The predicted molar refractivity (Wildman–Crippen MR) is 87.8 cm³/mol. The zero-order valence-electron chi connectivity index (χ0n) is 12.4. The lowest BCUT2D eigenvalue weighted by molar-refractivity contribution is 0.314. The van der Waals surface area contributed by atoms with Gasteiger partial charge in [0.2, 0.25) is 0 Å². The first-order valence-electron chi connectivity index (χ1n) is 7.83. The molecule has 1 saturated heterocycles. The van der Waals surface area contributed by atoms with Gasteiger partial charge in [0.15, 0.2) is 0 Å². The van der Waals surface area contributed by atoms with Crippen molar-refractivity contribution in [2.24, 2.45) is 0 Å². The summed E-state index contributed by atoms with van der Waals surface area (Å²) in [6, 6.07) is 4.34. The molecule has 1 aliphatic carbocycles. The zero-order valence-corrected chi connectivity index (χ0v) is 13.2. The van der Waals surface area contributed by atoms with Crippen molar-refractivity contribution in [1.82, 2.24) is 9.88 Å². The van der Waals surface area contributed by atoms with Crippen LogP contribution in [0.3, 0.4) is 0 Å². The monoisotopic (exact) mass is 302 g/mol. The Bertz CT molecular complexity index is 532. The van der Waals surface area contributed by atoms with Gasteiger partial charge in [-0.15, -0.1) is 0 Å². The second kappa shape index (κ2) is 7.15. The van der Waals surface area contributed by atoms with Crippen molar-refractivity contribution in [2.75, 3.05) is 43.0 Å². The first-order valence-corrected chi connectivity index (χ1v) is 8.99. The van der Waals surface area contributed by atoms with Crippen molar-refractivity contribution in [3.63, 3.8) is 0 Å². The van der Waals surface area contributed by atoms with Gasteiger partial charge in [-0.1, -0.05) is 0 Å². The number of anilines is 1. The molecule has 1 aromatic rings. The summed E-state index contributed by atoms with van der Waals surface area (Å²) in [7, 11) is 0. The molecule has 112 valence electrons. The molecule has 5 heteroatoms. The van der Waals surface area contributed by atoms with Crippen molar-refractivity contribution in [3.05, 3.63) is 22.9 Å². The van der Waals surface area contributed by atoms with Crippen LogP contribution in [-0.4, -0.2) is 47.6 Å². The van der Waals surface area contributed by atoms with E-state index in [1.165, 1.54) is 48.7 Å². The molecule has 0 unspecified atom stereocenters. The van der Waals surface area contributed by atoms with Crippen LogP contribution in [0.1, 0.15) is 29.7 Å². The zero-order chi connectivity index (χ0) is 14.5. The van der Waals surface area contributed by atoms with E-state index in [1.807, 2.05) is 17.8 Å². The minimum Gasteiger partial charge on any atom is -0.368 e. The van der Waals surface area contributed by atoms with Gasteiger partial charge in [0.05, 0.1) is 5.56 Å². The van der Waals surface area contributed by atoms with Crippen LogP contribution in [0.25, 0.3) is 0 Å². The molecule has 3 rings (SSSR count). The van der Waals surface area contributed by atoms with Crippen molar-refractivity contribution < 1.29 is 0 Å². The van der Waals surface area contributed by atoms with Gasteiger partial charge in [-0.2, -0.15) is 17.0 Å². The van der Waals surface area contributed by atoms with Crippen molar-refractivity contribution >= 4 is 17.6 Å². The fourth-order valence-corrected chi connectivity index (χ4v) is 3.99. The van der Waals surface area contributed by atoms with E-state index in [0.29, 0.717) is 5.56 Å². The lowest BCUT2D eigenvalue weighted by Gasteiger charge is -2.26. The molecule has 0 radical (unpaired) electrons. The molecule has 21 heavy (non-hydrogen) atoms. The van der Waals surface area contributed by atoms with E-state index in [-0.39, 0.29) is 0 Å². The minimum absolute atomic E-state index is 0.699. The number of hydrogen-bond acceptors (Lipinski definition) is 5. The van der Waals surface area contributed by atoms with Crippen LogP contribution in [0, 0.1) is 11.3 Å². The molecular weight excluding hydrogens is 280 g/mol. The maximum absolute atomic E-state index is 9.32. The van der Waals surface area contributed by atoms with Crippen LogP contribution in [0.15, 0.2) is 6.07 Å². The summed E-state index contributed by atoms with van der Waals surface area (Å²) in [6.07, 6.45) is 4.57. The van der Waals surface area contributed by atoms with Crippen LogP contribution in [0.4, 0.5) is 5.82 Å². The lowest BCUT2D eigenvalue weighted by Crippen LogP contribution is -2.36. The molecule has 0 aromatic carbocycles. The normalized spacial score (nSPS) is 18.8. The lowest BCUT2D eigenvalue weighted by atomic mass is 9.95. The number of nitrogens with one attached hydrogen (secondary N) is 1. The van der Waals surface area contributed by atoms with Crippen LogP contribution < -0.4 is 5.32 Å². The van der Waals surface area contributed by atoms with Crippen LogP contribution in [-0.2, 0) is 12.8 Å². The van der Waals surface area contributed by atoms with Gasteiger partial charge in [0.25, 0.3) is 0 Å². The van der Waals surface area contributed by atoms with Gasteiger partial charge >= 0.3 is 0 Å². The number of aromatic nitrogens is 1. The summed E-state index contributed by atoms with van der Waals surface area (Å²) in [5, 5.41) is 12.7. The summed E-state index contributed by atoms with van der Waals surface area (Å²) >= 11 is 2.03. The molecule has 1 aliphatic heterocycles. The summed E-state index contributed by atoms with van der Waals surface area (Å²) in [4.78, 5) is 7.19. The number of rotatable bonds is 4. The molecule has 0 atom stereocenters. The average molecular weight is 302 g/mol. The fraction of sp³-hybridized carbons (Fsp3) is 0.625. The predicted octanol–water partition coefficient (Wildman–Crippen LogP) is 2.29. The SMILES string of the molecule is N#Cc1cc2c(nc1NCCN1CCSCC1)CCCC2. The second-order valence-electron chi connectivity index (χ2n) is 5.69. The molecule has 0 saturated carbocycles. The van der Waals surface area contributed by atoms with Crippen molar-refractivity contribution in [1.29, 1.82) is 5.26 Å². The largest absolute Gasteiger partial charge is 0.368 e. The van der Waals surface area contributed by atoms with Gasteiger partial charge < -0.3 is 5.32 Å². The van der Waals surface area contributed by atoms with Crippen LogP contribution in [0.5, 0.6) is 0 Å². The Kier molecular flexibility index (Phi) is 5.00. The van der Waals surface area contributed by atoms with E-state index < -0.39 is 0 Å². The summed E-state index contributed by atoms with van der Waals surface area (Å²) < 4.78 is 0. The average Bonchev–Trinajstić information content (AvgIpc) is 2.55. The fourth-order valence-electron chi connectivity index (χ4n) is 3.01. The van der Waals surface area contributed by atoms with Crippen LogP contribution in [0.2, 0.25) is 0 Å². The van der Waals surface area contributed by atoms with Gasteiger partial charge in [-0.05, 0) is 37.3 Å². The third-order valence-corrected chi connectivity index (χ3v) is 5.19. The van der Waals surface area contributed by atoms with Gasteiger partial charge in [0.1, 0.15) is 11.9 Å². The van der Waals surface area contributed by atoms with E-state index in [2.05, 4.69) is 16.3 Å². The molecule has 1 N–H and O–H groups in total. The molecule has 1 aromatic heterocycles. The molecule has 2 heterocycles. The number of hydrogen-bond donors (Lipinski definition) is 1. The number of aryl methyl sites for hydroxylation is 2. The van der Waals surface area contributed by atoms with E-state index in [9.17, 15) is 5.26 Å². The van der Waals surface area contributed by atoms with Crippen molar-refractivity contribution in [2.45, 2.75) is 25.7 Å². The highest BCUT2D eigenvalue weighted by Gasteiger charge is 2.15. The number of fused-ring (bicyclic) bond motifs is 1. The summed E-state index contributed by atoms with van der Waals surface area (Å²) in [5.74, 6) is 3.26. The Morgan fingerprint density at radius 3 is 2.90 bits per heavy atom. The Morgan fingerprint density at radius 1 is 1.29 bits per heavy atom. The highest BCUT2D eigenvalue weighted by atomic mass is 32.2. The highest BCUT2D eigenvalue weighted by Crippen LogP contribution is 2.24. The smallest absolute Gasteiger partial charge is 0.144 e. The summed E-state index contributed by atoms with van der Waals surface area (Å²) in [5.41, 5.74) is 3.17. The van der Waals surface area contributed by atoms with E-state index >= 15 is 0 Å². The molecule has 0 spiro atoms. The third-order valence-electron chi connectivity index (χ3n) is 4.25. The van der Waals surface area contributed by atoms with Crippen molar-refractivity contribution in [3.8, 4) is 6.07 Å². The molecule has 0 amide bonds. The van der Waals surface area contributed by atoms with E-state index in [1.54, 1.807) is 0 Å². The second-order valence-corrected chi connectivity index (χ2v) is 6.91. The van der Waals surface area contributed by atoms with E-state index in [0.717, 1.165) is 31.7 Å². The Hall–Kier alpha value is -1.25. The third kappa shape index (κ3) is 3.69. The van der Waals surface area contributed by atoms with Gasteiger partial charge in [0, 0.05) is 43.4 Å². The van der Waals surface area contributed by atoms with Gasteiger partial charge in [-0.3, -0.25) is 4.90 Å². The summed E-state index contributed by atoms with van der Waals surface area (Å²) in [6.45, 7) is 4.25. The molecule has 4 nitrogen and oxygen atoms in total. The Morgan fingerprint density at radius 2 is 2.10 bits per heavy atom. The molecular formula is C16H22N4S. The maximum Gasteiger partial charge on any atom is 0.144 e. The number of pyridine rings is 1. The first kappa shape index (κ1) is 14.7. The Labute approximate surface area is 130 Å². The van der Waals surface area contributed by atoms with Crippen LogP contribution >= 0.6 is 11.8 Å². The van der Waals surface area contributed by atoms with Gasteiger partial charge in [-0.25, -0.2) is 4.98 Å². The molecule has 2 aliphatic rings.